The molecule has 90 valence electrons. The second-order valence-electron chi connectivity index (χ2n) is 3.81. The van der Waals surface area contributed by atoms with Crippen LogP contribution in [0.5, 0.6) is 11.6 Å². The molecule has 0 aliphatic heterocycles. The SMILES string of the molecule is N#Cc1cnc(Oc2ccc3cccnc3c2)cn1. The minimum absolute atomic E-state index is 0.257. The van der Waals surface area contributed by atoms with Crippen LogP contribution >= 0.6 is 0 Å². The Morgan fingerprint density at radius 1 is 1.05 bits per heavy atom. The average Bonchev–Trinajstić information content (AvgIpc) is 2.48. The quantitative estimate of drug-likeness (QED) is 0.697. The minimum atomic E-state index is 0.257. The molecular formula is C14H8N4O. The van der Waals surface area contributed by atoms with E-state index in [1.54, 1.807) is 6.20 Å². The Morgan fingerprint density at radius 3 is 2.79 bits per heavy atom. The van der Waals surface area contributed by atoms with Gasteiger partial charge in [-0.3, -0.25) is 4.98 Å². The van der Waals surface area contributed by atoms with E-state index in [9.17, 15) is 0 Å². The number of fused-ring (bicyclic) bond motifs is 1. The first kappa shape index (κ1) is 11.1. The van der Waals surface area contributed by atoms with Gasteiger partial charge in [0.05, 0.1) is 17.9 Å². The Hall–Kier alpha value is -3.00. The van der Waals surface area contributed by atoms with E-state index in [1.165, 1.54) is 12.4 Å². The van der Waals surface area contributed by atoms with Crippen molar-refractivity contribution in [2.24, 2.45) is 0 Å². The predicted octanol–water partition coefficient (Wildman–Crippen LogP) is 2.69. The summed E-state index contributed by atoms with van der Waals surface area (Å²) in [4.78, 5) is 12.1. The number of aromatic nitrogens is 3. The Balaban J connectivity index is 1.90. The van der Waals surface area contributed by atoms with E-state index in [-0.39, 0.29) is 5.69 Å². The minimum Gasteiger partial charge on any atom is -0.437 e. The van der Waals surface area contributed by atoms with Crippen LogP contribution in [-0.4, -0.2) is 15.0 Å². The summed E-state index contributed by atoms with van der Waals surface area (Å²) in [5.74, 6) is 0.972. The third-order valence-electron chi connectivity index (χ3n) is 2.54. The lowest BCUT2D eigenvalue weighted by molar-refractivity contribution is 0.460. The monoisotopic (exact) mass is 248 g/mol. The molecule has 0 fully saturated rings. The first-order chi connectivity index (χ1) is 9.35. The molecule has 19 heavy (non-hydrogen) atoms. The highest BCUT2D eigenvalue weighted by atomic mass is 16.5. The van der Waals surface area contributed by atoms with E-state index >= 15 is 0 Å². The molecule has 0 atom stereocenters. The van der Waals surface area contributed by atoms with Crippen LogP contribution in [0.25, 0.3) is 10.9 Å². The van der Waals surface area contributed by atoms with Crippen molar-refractivity contribution >= 4 is 10.9 Å². The second kappa shape index (κ2) is 4.70. The van der Waals surface area contributed by atoms with Gasteiger partial charge in [0.25, 0.3) is 0 Å². The summed E-state index contributed by atoms with van der Waals surface area (Å²) in [5.41, 5.74) is 1.11. The fourth-order valence-corrected chi connectivity index (χ4v) is 1.66. The number of hydrogen-bond acceptors (Lipinski definition) is 5. The Bertz CT molecular complexity index is 762. The molecule has 0 radical (unpaired) electrons. The molecule has 0 aliphatic rings. The van der Waals surface area contributed by atoms with Gasteiger partial charge in [0.2, 0.25) is 5.88 Å². The summed E-state index contributed by atoms with van der Waals surface area (Å²) in [6.07, 6.45) is 4.52. The first-order valence-electron chi connectivity index (χ1n) is 5.60. The number of nitriles is 1. The van der Waals surface area contributed by atoms with E-state index in [0.29, 0.717) is 11.6 Å². The number of pyridine rings is 1. The van der Waals surface area contributed by atoms with Gasteiger partial charge in [0.15, 0.2) is 5.69 Å². The lowest BCUT2D eigenvalue weighted by Gasteiger charge is -2.04. The molecule has 0 unspecified atom stereocenters. The molecule has 2 aromatic heterocycles. The van der Waals surface area contributed by atoms with Crippen LogP contribution in [0.1, 0.15) is 5.69 Å². The van der Waals surface area contributed by atoms with E-state index in [4.69, 9.17) is 10.00 Å². The van der Waals surface area contributed by atoms with E-state index in [1.807, 2.05) is 36.4 Å². The van der Waals surface area contributed by atoms with Crippen LogP contribution in [-0.2, 0) is 0 Å². The van der Waals surface area contributed by atoms with Gasteiger partial charge in [-0.25, -0.2) is 9.97 Å². The number of benzene rings is 1. The fraction of sp³-hybridized carbons (Fsp3) is 0. The van der Waals surface area contributed by atoms with Crippen molar-refractivity contribution in [2.75, 3.05) is 0 Å². The summed E-state index contributed by atoms with van der Waals surface area (Å²) >= 11 is 0. The molecule has 0 spiro atoms. The van der Waals surface area contributed by atoms with Crippen molar-refractivity contribution in [2.45, 2.75) is 0 Å². The highest BCUT2D eigenvalue weighted by molar-refractivity contribution is 5.79. The van der Waals surface area contributed by atoms with Crippen molar-refractivity contribution < 1.29 is 4.74 Å². The molecule has 0 saturated carbocycles. The highest BCUT2D eigenvalue weighted by Gasteiger charge is 2.02. The maximum atomic E-state index is 8.64. The van der Waals surface area contributed by atoms with Gasteiger partial charge in [0.1, 0.15) is 11.8 Å². The van der Waals surface area contributed by atoms with Gasteiger partial charge >= 0.3 is 0 Å². The highest BCUT2D eigenvalue weighted by Crippen LogP contribution is 2.22. The van der Waals surface area contributed by atoms with Crippen molar-refractivity contribution in [3.8, 4) is 17.7 Å². The van der Waals surface area contributed by atoms with Crippen LogP contribution in [0.2, 0.25) is 0 Å². The van der Waals surface area contributed by atoms with Crippen LogP contribution in [0, 0.1) is 11.3 Å². The van der Waals surface area contributed by atoms with Crippen LogP contribution in [0.15, 0.2) is 48.9 Å². The molecule has 3 rings (SSSR count). The molecule has 0 bridgehead atoms. The number of nitrogens with zero attached hydrogens (tertiary/aromatic N) is 4. The third kappa shape index (κ3) is 2.33. The van der Waals surface area contributed by atoms with Crippen molar-refractivity contribution in [3.63, 3.8) is 0 Å². The average molecular weight is 248 g/mol. The lowest BCUT2D eigenvalue weighted by Crippen LogP contribution is -1.91. The predicted molar refractivity (Wildman–Crippen MR) is 68.6 cm³/mol. The zero-order valence-corrected chi connectivity index (χ0v) is 9.82. The summed E-state index contributed by atoms with van der Waals surface area (Å²) in [5, 5.41) is 9.68. The van der Waals surface area contributed by atoms with Gasteiger partial charge in [-0.15, -0.1) is 0 Å². The molecule has 1 aromatic carbocycles. The number of hydrogen-bond donors (Lipinski definition) is 0. The van der Waals surface area contributed by atoms with Crippen molar-refractivity contribution in [1.29, 1.82) is 5.26 Å². The molecule has 2 heterocycles. The Labute approximate surface area is 109 Å². The van der Waals surface area contributed by atoms with Gasteiger partial charge in [-0.2, -0.15) is 5.26 Å². The summed E-state index contributed by atoms with van der Waals surface area (Å²) in [6, 6.07) is 11.4. The maximum Gasteiger partial charge on any atom is 0.237 e. The Kier molecular flexibility index (Phi) is 2.75. The van der Waals surface area contributed by atoms with Gasteiger partial charge in [0, 0.05) is 17.6 Å². The van der Waals surface area contributed by atoms with Gasteiger partial charge in [-0.05, 0) is 18.2 Å². The van der Waals surface area contributed by atoms with E-state index in [0.717, 1.165) is 10.9 Å². The smallest absolute Gasteiger partial charge is 0.237 e. The summed E-state index contributed by atoms with van der Waals surface area (Å²) in [6.45, 7) is 0. The van der Waals surface area contributed by atoms with Crippen LogP contribution < -0.4 is 4.74 Å². The summed E-state index contributed by atoms with van der Waals surface area (Å²) in [7, 11) is 0. The zero-order chi connectivity index (χ0) is 13.1. The first-order valence-corrected chi connectivity index (χ1v) is 5.60. The standard InChI is InChI=1S/C14H8N4O/c15-7-11-8-18-14(9-17-11)19-12-4-3-10-2-1-5-16-13(10)6-12/h1-6,8-9H. The van der Waals surface area contributed by atoms with E-state index in [2.05, 4.69) is 15.0 Å². The molecule has 3 aromatic rings. The number of rotatable bonds is 2. The van der Waals surface area contributed by atoms with Crippen molar-refractivity contribution in [1.82, 2.24) is 15.0 Å². The largest absolute Gasteiger partial charge is 0.437 e. The van der Waals surface area contributed by atoms with E-state index < -0.39 is 0 Å². The lowest BCUT2D eigenvalue weighted by atomic mass is 10.2. The number of ether oxygens (including phenoxy) is 1. The second-order valence-corrected chi connectivity index (χ2v) is 3.81. The van der Waals surface area contributed by atoms with Gasteiger partial charge in [-0.1, -0.05) is 6.07 Å². The topological polar surface area (TPSA) is 71.7 Å². The third-order valence-corrected chi connectivity index (χ3v) is 2.54. The molecule has 0 amide bonds. The maximum absolute atomic E-state index is 8.64. The molecular weight excluding hydrogens is 240 g/mol. The molecule has 5 nitrogen and oxygen atoms in total. The molecule has 0 saturated heterocycles. The Morgan fingerprint density at radius 2 is 2.00 bits per heavy atom. The van der Waals surface area contributed by atoms with Gasteiger partial charge < -0.3 is 4.74 Å². The van der Waals surface area contributed by atoms with Crippen molar-refractivity contribution in [3.05, 3.63) is 54.6 Å². The fourth-order valence-electron chi connectivity index (χ4n) is 1.66. The zero-order valence-electron chi connectivity index (χ0n) is 9.82. The van der Waals surface area contributed by atoms with Crippen LogP contribution in [0.4, 0.5) is 0 Å². The van der Waals surface area contributed by atoms with Crippen LogP contribution in [0.3, 0.4) is 0 Å². The normalized spacial score (nSPS) is 10.1. The summed E-state index contributed by atoms with van der Waals surface area (Å²) < 4.78 is 5.56. The molecule has 0 N–H and O–H groups in total. The molecule has 0 aliphatic carbocycles. The molecule has 5 heteroatoms.